The van der Waals surface area contributed by atoms with Crippen LogP contribution >= 0.6 is 11.3 Å². The largest absolute Gasteiger partial charge is 0.264 e. The van der Waals surface area contributed by atoms with Crippen LogP contribution in [-0.2, 0) is 6.54 Å². The van der Waals surface area contributed by atoms with Gasteiger partial charge in [0.15, 0.2) is 5.82 Å². The lowest BCUT2D eigenvalue weighted by molar-refractivity contribution is 0.605. The first-order chi connectivity index (χ1) is 12.8. The van der Waals surface area contributed by atoms with Crippen LogP contribution in [0.1, 0.15) is 17.8 Å². The first-order valence-corrected chi connectivity index (χ1v) is 9.42. The van der Waals surface area contributed by atoms with Gasteiger partial charge in [-0.25, -0.2) is 4.98 Å². The summed E-state index contributed by atoms with van der Waals surface area (Å²) in [7, 11) is 0. The van der Waals surface area contributed by atoms with Crippen molar-refractivity contribution in [1.29, 1.82) is 0 Å². The Hall–Kier alpha value is -2.99. The molecule has 0 spiro atoms. The number of rotatable bonds is 3. The van der Waals surface area contributed by atoms with E-state index in [2.05, 4.69) is 69.3 Å². The van der Waals surface area contributed by atoms with Gasteiger partial charge in [0.05, 0.1) is 16.3 Å². The second-order valence-electron chi connectivity index (χ2n) is 6.31. The van der Waals surface area contributed by atoms with E-state index < -0.39 is 0 Å². The molecule has 0 unspecified atom stereocenters. The Balaban J connectivity index is 1.73. The minimum absolute atomic E-state index is 0.800. The lowest BCUT2D eigenvalue weighted by atomic mass is 10.0. The molecule has 1 aliphatic rings. The summed E-state index contributed by atoms with van der Waals surface area (Å²) >= 11 is 1.74. The van der Waals surface area contributed by atoms with Crippen LogP contribution in [0.2, 0.25) is 0 Å². The Labute approximate surface area is 155 Å². The van der Waals surface area contributed by atoms with Crippen LogP contribution in [0.3, 0.4) is 0 Å². The van der Waals surface area contributed by atoms with Gasteiger partial charge in [-0.1, -0.05) is 36.4 Å². The molecule has 0 aliphatic carbocycles. The van der Waals surface area contributed by atoms with Gasteiger partial charge in [-0.3, -0.25) is 9.78 Å². The third-order valence-electron chi connectivity index (χ3n) is 4.64. The normalized spacial score (nSPS) is 13.1. The maximum Gasteiger partial charge on any atom is 0.166 e. The van der Waals surface area contributed by atoms with Gasteiger partial charge >= 0.3 is 0 Å². The molecule has 0 fully saturated rings. The molecule has 4 heterocycles. The summed E-state index contributed by atoms with van der Waals surface area (Å²) in [5.74, 6) is 0.800. The molecule has 1 N–H and O–H groups in total. The Morgan fingerprint density at radius 2 is 2.08 bits per heavy atom. The van der Waals surface area contributed by atoms with Crippen molar-refractivity contribution in [3.63, 3.8) is 0 Å². The number of fused-ring (bicyclic) bond motifs is 1. The van der Waals surface area contributed by atoms with Crippen molar-refractivity contribution in [2.45, 2.75) is 19.9 Å². The van der Waals surface area contributed by atoms with Crippen LogP contribution in [0.25, 0.3) is 38.3 Å². The topological polar surface area (TPSA) is 59.4 Å². The van der Waals surface area contributed by atoms with Gasteiger partial charge in [0.2, 0.25) is 0 Å². The molecular formula is C20H17N5S. The molecule has 0 saturated carbocycles. The fraction of sp³-hybridized carbons (Fsp3) is 0.150. The van der Waals surface area contributed by atoms with Crippen LogP contribution in [0.5, 0.6) is 0 Å². The number of H-pyrrole nitrogens is 1. The Bertz CT molecular complexity index is 1090. The molecule has 5 nitrogen and oxygen atoms in total. The number of aromatic amines is 1. The van der Waals surface area contributed by atoms with E-state index in [1.165, 1.54) is 27.3 Å². The van der Waals surface area contributed by atoms with Crippen molar-refractivity contribution in [3.8, 4) is 32.3 Å². The Kier molecular flexibility index (Phi) is 3.57. The third kappa shape index (κ3) is 2.42. The molecule has 5 rings (SSSR count). The minimum atomic E-state index is 0.800. The van der Waals surface area contributed by atoms with E-state index in [9.17, 15) is 0 Å². The molecule has 0 bridgehead atoms. The lowest BCUT2D eigenvalue weighted by Gasteiger charge is -2.08. The summed E-state index contributed by atoms with van der Waals surface area (Å²) in [6, 6.07) is 12.7. The van der Waals surface area contributed by atoms with Crippen LogP contribution < -0.4 is 0 Å². The number of nitrogens with zero attached hydrogens (tertiary/aromatic N) is 4. The second kappa shape index (κ2) is 6.07. The Morgan fingerprint density at radius 1 is 1.19 bits per heavy atom. The summed E-state index contributed by atoms with van der Waals surface area (Å²) in [5.41, 5.74) is 5.82. The molecule has 0 atom stereocenters. The van der Waals surface area contributed by atoms with Crippen LogP contribution in [0.15, 0.2) is 48.8 Å². The van der Waals surface area contributed by atoms with E-state index in [1.54, 1.807) is 17.7 Å². The summed E-state index contributed by atoms with van der Waals surface area (Å²) in [4.78, 5) is 6.69. The molecule has 6 heteroatoms. The predicted octanol–water partition coefficient (Wildman–Crippen LogP) is 4.79. The molecular weight excluding hydrogens is 342 g/mol. The quantitative estimate of drug-likeness (QED) is 0.572. The number of aryl methyl sites for hydroxylation is 2. The number of thiophene rings is 1. The van der Waals surface area contributed by atoms with Crippen molar-refractivity contribution < 1.29 is 0 Å². The van der Waals surface area contributed by atoms with Gasteiger partial charge in [-0.2, -0.15) is 10.2 Å². The second-order valence-corrected chi connectivity index (χ2v) is 7.37. The fourth-order valence-corrected chi connectivity index (χ4v) is 4.71. The number of allylic oxidation sites excluding steroid dienone is 1. The molecule has 3 aromatic heterocycles. The molecule has 1 aromatic carbocycles. The highest BCUT2D eigenvalue weighted by molar-refractivity contribution is 7.19. The molecule has 26 heavy (non-hydrogen) atoms. The summed E-state index contributed by atoms with van der Waals surface area (Å²) in [6.45, 7) is 3.03. The van der Waals surface area contributed by atoms with E-state index in [0.29, 0.717) is 0 Å². The molecule has 0 amide bonds. The molecule has 1 aliphatic heterocycles. The molecule has 0 saturated heterocycles. The lowest BCUT2D eigenvalue weighted by Crippen LogP contribution is -2.04. The molecule has 4 aromatic rings. The van der Waals surface area contributed by atoms with Gasteiger partial charge in [-0.05, 0) is 31.1 Å². The van der Waals surface area contributed by atoms with E-state index in [1.807, 2.05) is 6.07 Å². The van der Waals surface area contributed by atoms with Crippen LogP contribution in [0, 0.1) is 6.92 Å². The van der Waals surface area contributed by atoms with Crippen molar-refractivity contribution in [1.82, 2.24) is 25.0 Å². The smallest absolute Gasteiger partial charge is 0.166 e. The maximum atomic E-state index is 4.74. The highest BCUT2D eigenvalue weighted by Crippen LogP contribution is 2.44. The average Bonchev–Trinajstić information content (AvgIpc) is 3.39. The highest BCUT2D eigenvalue weighted by Gasteiger charge is 2.22. The molecule has 0 radical (unpaired) electrons. The zero-order valence-electron chi connectivity index (χ0n) is 14.3. The van der Waals surface area contributed by atoms with Crippen molar-refractivity contribution >= 4 is 17.4 Å². The number of hydrogen-bond acceptors (Lipinski definition) is 4. The maximum absolute atomic E-state index is 4.74. The minimum Gasteiger partial charge on any atom is -0.264 e. The van der Waals surface area contributed by atoms with Gasteiger partial charge in [0.25, 0.3) is 0 Å². The number of aromatic nitrogens is 5. The Morgan fingerprint density at radius 3 is 2.88 bits per heavy atom. The fourth-order valence-electron chi connectivity index (χ4n) is 3.47. The number of benzene rings is 1. The van der Waals surface area contributed by atoms with Crippen molar-refractivity contribution in [2.24, 2.45) is 0 Å². The average molecular weight is 359 g/mol. The molecule has 128 valence electrons. The SMILES string of the molecule is Cc1nn2c(c1-c1cc(-c3ccccc3)c(-c3ncn[nH]3)s1)C=CCC2. The predicted molar refractivity (Wildman–Crippen MR) is 105 cm³/mol. The van der Waals surface area contributed by atoms with Gasteiger partial charge < -0.3 is 0 Å². The van der Waals surface area contributed by atoms with Crippen molar-refractivity contribution in [2.75, 3.05) is 0 Å². The highest BCUT2D eigenvalue weighted by atomic mass is 32.1. The van der Waals surface area contributed by atoms with Gasteiger partial charge in [0.1, 0.15) is 6.33 Å². The van der Waals surface area contributed by atoms with Crippen LogP contribution in [0.4, 0.5) is 0 Å². The van der Waals surface area contributed by atoms with E-state index in [0.717, 1.165) is 29.4 Å². The monoisotopic (exact) mass is 359 g/mol. The summed E-state index contributed by atoms with van der Waals surface area (Å²) in [6.07, 6.45) is 7.01. The standard InChI is InChI=1S/C20H17N5S/c1-13-18(16-9-5-6-10-25(16)24-13)17-11-15(14-7-3-2-4-8-14)19(26-17)20-21-12-22-23-20/h2-5,7-9,11-12H,6,10H2,1H3,(H,21,22,23). The first kappa shape index (κ1) is 15.3. The number of hydrogen-bond donors (Lipinski definition) is 1. The van der Waals surface area contributed by atoms with Gasteiger partial charge in [0, 0.05) is 22.5 Å². The van der Waals surface area contributed by atoms with E-state index in [4.69, 9.17) is 5.10 Å². The van der Waals surface area contributed by atoms with E-state index >= 15 is 0 Å². The zero-order valence-corrected chi connectivity index (χ0v) is 15.1. The van der Waals surface area contributed by atoms with Crippen LogP contribution in [-0.4, -0.2) is 25.0 Å². The van der Waals surface area contributed by atoms with Gasteiger partial charge in [-0.15, -0.1) is 11.3 Å². The van der Waals surface area contributed by atoms with Crippen molar-refractivity contribution in [3.05, 3.63) is 60.2 Å². The van der Waals surface area contributed by atoms with E-state index in [-0.39, 0.29) is 0 Å². The summed E-state index contributed by atoms with van der Waals surface area (Å²) < 4.78 is 2.11. The first-order valence-electron chi connectivity index (χ1n) is 8.60. The number of nitrogens with one attached hydrogen (secondary N) is 1. The summed E-state index contributed by atoms with van der Waals surface area (Å²) in [5, 5.41) is 11.8. The zero-order chi connectivity index (χ0) is 17.5. The third-order valence-corrected chi connectivity index (χ3v) is 5.80.